The van der Waals surface area contributed by atoms with Crippen molar-refractivity contribution < 1.29 is 58.7 Å². The number of phenols is 3. The second-order valence-corrected chi connectivity index (χ2v) is 12.8. The zero-order valence-corrected chi connectivity index (χ0v) is 33.5. The van der Waals surface area contributed by atoms with E-state index in [4.69, 9.17) is 14.7 Å². The second kappa shape index (κ2) is 21.2. The number of rotatable bonds is 14. The average Bonchev–Trinajstić information content (AvgIpc) is 3.24. The van der Waals surface area contributed by atoms with Crippen LogP contribution in [0.4, 0.5) is 22.7 Å². The van der Waals surface area contributed by atoms with Gasteiger partial charge in [0.25, 0.3) is 23.6 Å². The monoisotopic (exact) mass is 844 g/mol. The molecule has 0 aromatic heterocycles. The molecule has 318 valence electrons. The van der Waals surface area contributed by atoms with Gasteiger partial charge in [0.05, 0.1) is 43.8 Å². The number of methoxy groups -OCH3 is 2. The highest BCUT2D eigenvalue weighted by atomic mass is 16.5. The Morgan fingerprint density at radius 3 is 1.61 bits per heavy atom. The summed E-state index contributed by atoms with van der Waals surface area (Å²) in [5.74, 6) is -6.15. The van der Waals surface area contributed by atoms with E-state index in [1.807, 2.05) is 0 Å². The normalized spacial score (nSPS) is 10.4. The number of hydrogen-bond donors (Lipinski definition) is 9. The number of aromatic hydroxyl groups is 3. The van der Waals surface area contributed by atoms with Gasteiger partial charge in [-0.1, -0.05) is 12.1 Å². The summed E-state index contributed by atoms with van der Waals surface area (Å²) < 4.78 is 10.3. The highest BCUT2D eigenvalue weighted by Gasteiger charge is 2.24. The van der Waals surface area contributed by atoms with Gasteiger partial charge in [-0.25, -0.2) is 4.79 Å². The van der Waals surface area contributed by atoms with Crippen LogP contribution in [0.15, 0.2) is 103 Å². The molecule has 18 nitrogen and oxygen atoms in total. The molecule has 0 bridgehead atoms. The zero-order chi connectivity index (χ0) is 45.5. The highest BCUT2D eigenvalue weighted by Crippen LogP contribution is 2.40. The maximum atomic E-state index is 13.1. The molecule has 0 atom stereocenters. The number of ether oxygens (including phenoxy) is 2. The molecule has 0 unspecified atom stereocenters. The summed E-state index contributed by atoms with van der Waals surface area (Å²) >= 11 is 0. The van der Waals surface area contributed by atoms with Gasteiger partial charge >= 0.3 is 5.97 Å². The van der Waals surface area contributed by atoms with E-state index in [-0.39, 0.29) is 57.8 Å². The molecule has 0 aliphatic carbocycles. The number of nitrogens with one attached hydrogen (secondary N) is 5. The number of anilines is 4. The number of carbonyl (C=O) groups excluding carboxylic acids is 5. The third-order valence-corrected chi connectivity index (χ3v) is 8.52. The molecule has 0 radical (unpaired) electrons. The zero-order valence-electron chi connectivity index (χ0n) is 33.5. The molecule has 0 heterocycles. The number of nitriles is 1. The smallest absolute Gasteiger partial charge is 0.339 e. The van der Waals surface area contributed by atoms with Crippen molar-refractivity contribution in [3.8, 4) is 34.8 Å². The first-order chi connectivity index (χ1) is 29.6. The minimum Gasteiger partial charge on any atom is -0.508 e. The summed E-state index contributed by atoms with van der Waals surface area (Å²) in [6.45, 7) is 2.70. The van der Waals surface area contributed by atoms with Crippen LogP contribution >= 0.6 is 0 Å². The fraction of sp³-hybridized carbons (Fsp3) is 0.114. The van der Waals surface area contributed by atoms with E-state index in [1.54, 1.807) is 43.3 Å². The summed E-state index contributed by atoms with van der Waals surface area (Å²) in [7, 11) is 2.37. The molecule has 62 heavy (non-hydrogen) atoms. The minimum absolute atomic E-state index is 0.00863. The van der Waals surface area contributed by atoms with Crippen molar-refractivity contribution in [2.45, 2.75) is 13.8 Å². The largest absolute Gasteiger partial charge is 0.508 e. The van der Waals surface area contributed by atoms with Crippen LogP contribution in [0.2, 0.25) is 0 Å². The van der Waals surface area contributed by atoms with Crippen LogP contribution in [0, 0.1) is 11.3 Å². The summed E-state index contributed by atoms with van der Waals surface area (Å²) in [6, 6.07) is 24.7. The maximum Gasteiger partial charge on any atom is 0.339 e. The fourth-order valence-electron chi connectivity index (χ4n) is 5.49. The Kier molecular flexibility index (Phi) is 15.7. The van der Waals surface area contributed by atoms with Gasteiger partial charge in [-0.15, -0.1) is 0 Å². The van der Waals surface area contributed by atoms with Crippen molar-refractivity contribution in [3.63, 3.8) is 0 Å². The fourth-order valence-corrected chi connectivity index (χ4v) is 5.49. The Hall–Kier alpha value is -8.85. The molecular formula is C44H40N6O12. The molecule has 0 spiro atoms. The summed E-state index contributed by atoms with van der Waals surface area (Å²) in [4.78, 5) is 75.3. The minimum atomic E-state index is -1.42. The lowest BCUT2D eigenvalue weighted by atomic mass is 10.1. The van der Waals surface area contributed by atoms with E-state index < -0.39 is 46.7 Å². The van der Waals surface area contributed by atoms with Crippen LogP contribution in [0.1, 0.15) is 60.8 Å². The number of aromatic carboxylic acids is 1. The molecule has 5 aromatic rings. The van der Waals surface area contributed by atoms with E-state index >= 15 is 0 Å². The number of carboxylic acid groups (broad SMARTS) is 1. The van der Waals surface area contributed by atoms with Crippen LogP contribution in [0.25, 0.3) is 6.08 Å². The third kappa shape index (κ3) is 11.9. The number of amides is 5. The van der Waals surface area contributed by atoms with E-state index in [0.717, 1.165) is 11.6 Å². The maximum absolute atomic E-state index is 13.1. The Morgan fingerprint density at radius 2 is 1.10 bits per heavy atom. The van der Waals surface area contributed by atoms with Crippen LogP contribution in [-0.2, 0) is 9.59 Å². The average molecular weight is 845 g/mol. The lowest BCUT2D eigenvalue weighted by Gasteiger charge is -2.16. The predicted molar refractivity (Wildman–Crippen MR) is 228 cm³/mol. The number of nitrogens with zero attached hydrogens (tertiary/aromatic N) is 1. The van der Waals surface area contributed by atoms with Crippen molar-refractivity contribution in [1.29, 1.82) is 5.26 Å². The number of phenolic OH excluding ortho intramolecular Hbond substituents is 2. The number of hydrogen-bond acceptors (Lipinski definition) is 12. The van der Waals surface area contributed by atoms with Gasteiger partial charge in [-0.05, 0) is 103 Å². The van der Waals surface area contributed by atoms with Crippen LogP contribution in [0.5, 0.6) is 28.7 Å². The molecular weight excluding hydrogens is 805 g/mol. The molecule has 0 saturated heterocycles. The SMILES string of the molecule is CC#N.COc1c(NC(=O)c2ccc(NC(=O)c3ccc(NC(=O)CNC(=O)c4ccc(NC(=O)/C(C)=C/c5ccc(O)cc5)cc4)cc3)c(OC)c2O)ccc(C(=O)O)c1O. The van der Waals surface area contributed by atoms with Gasteiger partial charge in [0.2, 0.25) is 5.91 Å². The van der Waals surface area contributed by atoms with Crippen molar-refractivity contribution >= 4 is 64.3 Å². The molecule has 18 heteroatoms. The first-order valence-corrected chi connectivity index (χ1v) is 18.1. The van der Waals surface area contributed by atoms with Crippen molar-refractivity contribution in [2.24, 2.45) is 0 Å². The van der Waals surface area contributed by atoms with Gasteiger partial charge in [0.15, 0.2) is 23.0 Å². The summed E-state index contributed by atoms with van der Waals surface area (Å²) in [5, 5.41) is 60.0. The van der Waals surface area contributed by atoms with Gasteiger partial charge in [-0.3, -0.25) is 24.0 Å². The van der Waals surface area contributed by atoms with E-state index in [0.29, 0.717) is 16.9 Å². The lowest BCUT2D eigenvalue weighted by Crippen LogP contribution is -2.32. The molecule has 0 fully saturated rings. The van der Waals surface area contributed by atoms with Gasteiger partial charge < -0.3 is 56.5 Å². The molecule has 5 aromatic carbocycles. The molecule has 9 N–H and O–H groups in total. The van der Waals surface area contributed by atoms with Gasteiger partial charge in [-0.2, -0.15) is 5.26 Å². The van der Waals surface area contributed by atoms with Crippen molar-refractivity contribution in [3.05, 3.63) is 130 Å². The van der Waals surface area contributed by atoms with E-state index in [1.165, 1.54) is 87.9 Å². The first-order valence-electron chi connectivity index (χ1n) is 18.1. The molecule has 5 amide bonds. The number of carbonyl (C=O) groups is 6. The molecule has 5 rings (SSSR count). The molecule has 0 aliphatic rings. The molecule has 0 saturated carbocycles. The van der Waals surface area contributed by atoms with Crippen LogP contribution < -0.4 is 36.1 Å². The predicted octanol–water partition coefficient (Wildman–Crippen LogP) is 5.96. The highest BCUT2D eigenvalue weighted by molar-refractivity contribution is 6.10. The van der Waals surface area contributed by atoms with E-state index in [9.17, 15) is 49.2 Å². The number of benzene rings is 5. The van der Waals surface area contributed by atoms with Crippen LogP contribution in [0.3, 0.4) is 0 Å². The summed E-state index contributed by atoms with van der Waals surface area (Å²) in [5.41, 5.74) is 1.52. The Morgan fingerprint density at radius 1 is 0.629 bits per heavy atom. The van der Waals surface area contributed by atoms with Gasteiger partial charge in [0, 0.05) is 35.0 Å². The first kappa shape index (κ1) is 45.8. The Bertz CT molecular complexity index is 2570. The van der Waals surface area contributed by atoms with E-state index in [2.05, 4.69) is 26.6 Å². The quantitative estimate of drug-likeness (QED) is 0.0584. The topological polar surface area (TPSA) is 286 Å². The Labute approximate surface area is 354 Å². The third-order valence-electron chi connectivity index (χ3n) is 8.52. The summed E-state index contributed by atoms with van der Waals surface area (Å²) in [6.07, 6.45) is 1.66. The van der Waals surface area contributed by atoms with Crippen LogP contribution in [-0.4, -0.2) is 76.7 Å². The lowest BCUT2D eigenvalue weighted by molar-refractivity contribution is -0.115. The standard InChI is InChI=1S/C42H37N5O12.C2H3N/c1-22(20-23-4-14-28(48)15-5-23)38(52)45-27-12-6-24(7-13-27)39(53)43-21-33(49)44-26-10-8-25(9-11-26)40(54)46-31-18-16-29(34(50)36(31)58-2)41(55)47-32-19-17-30(42(56)57)35(51)37(32)59-3;1-2-3/h4-20,48,50-51H,21H2,1-3H3,(H,43,53)(H,44,49)(H,45,52)(H,46,54)(H,47,55)(H,56,57);1H3/b22-20+;. The van der Waals surface area contributed by atoms with Crippen molar-refractivity contribution in [2.75, 3.05) is 42.0 Å². The van der Waals surface area contributed by atoms with Gasteiger partial charge in [0.1, 0.15) is 11.3 Å². The number of carboxylic acids is 1. The second-order valence-electron chi connectivity index (χ2n) is 12.8. The Balaban J connectivity index is 0.00000273. The van der Waals surface area contributed by atoms with Crippen molar-refractivity contribution in [1.82, 2.24) is 5.32 Å². The molecule has 0 aliphatic heterocycles.